The molecule has 0 spiro atoms. The topological polar surface area (TPSA) is 100 Å². The van der Waals surface area contributed by atoms with Gasteiger partial charge in [0.25, 0.3) is 5.91 Å². The van der Waals surface area contributed by atoms with Crippen molar-refractivity contribution in [3.8, 4) is 5.75 Å². The number of carbonyl (C=O) groups is 1. The van der Waals surface area contributed by atoms with Gasteiger partial charge in [0, 0.05) is 12.4 Å². The number of benzene rings is 1. The lowest BCUT2D eigenvalue weighted by Gasteiger charge is -2.20. The Balaban J connectivity index is 1.99. The van der Waals surface area contributed by atoms with E-state index in [4.69, 9.17) is 4.74 Å². The van der Waals surface area contributed by atoms with E-state index in [0.717, 1.165) is 16.5 Å². The van der Waals surface area contributed by atoms with E-state index in [1.54, 1.807) is 24.5 Å². The number of methoxy groups -OCH3 is 1. The second kappa shape index (κ2) is 8.67. The van der Waals surface area contributed by atoms with Crippen molar-refractivity contribution in [3.05, 3.63) is 53.5 Å². The van der Waals surface area contributed by atoms with Crippen molar-refractivity contribution in [2.24, 2.45) is 5.92 Å². The number of ether oxygens (including phenoxy) is 1. The fourth-order valence-electron chi connectivity index (χ4n) is 2.94. The number of pyridine rings is 1. The first-order valence-electron chi connectivity index (χ1n) is 9.10. The minimum absolute atomic E-state index is 0.107. The zero-order valence-electron chi connectivity index (χ0n) is 16.1. The molecular formula is C21H24N4O3. The first kappa shape index (κ1) is 19.6. The van der Waals surface area contributed by atoms with Gasteiger partial charge in [-0.2, -0.15) is 5.10 Å². The molecule has 0 aliphatic carbocycles. The molecule has 0 saturated carbocycles. The van der Waals surface area contributed by atoms with Crippen LogP contribution in [0.25, 0.3) is 23.1 Å². The van der Waals surface area contributed by atoms with Gasteiger partial charge in [-0.05, 0) is 35.8 Å². The number of nitrogens with one attached hydrogen (secondary N) is 2. The molecule has 3 rings (SSSR count). The summed E-state index contributed by atoms with van der Waals surface area (Å²) in [5, 5.41) is 20.4. The van der Waals surface area contributed by atoms with Gasteiger partial charge >= 0.3 is 0 Å². The third-order valence-corrected chi connectivity index (χ3v) is 4.60. The van der Waals surface area contributed by atoms with Crippen LogP contribution >= 0.6 is 0 Å². The fourth-order valence-corrected chi connectivity index (χ4v) is 2.94. The molecule has 3 aromatic rings. The molecule has 0 bridgehead atoms. The molecule has 7 heteroatoms. The van der Waals surface area contributed by atoms with Gasteiger partial charge in [-0.1, -0.05) is 26.0 Å². The van der Waals surface area contributed by atoms with E-state index in [9.17, 15) is 9.90 Å². The Morgan fingerprint density at radius 3 is 2.79 bits per heavy atom. The first-order valence-corrected chi connectivity index (χ1v) is 9.10. The number of fused-ring (bicyclic) bond motifs is 1. The highest BCUT2D eigenvalue weighted by Gasteiger charge is 2.22. The number of carbonyl (C=O) groups excluding carboxylic acids is 1. The Hall–Kier alpha value is -3.19. The summed E-state index contributed by atoms with van der Waals surface area (Å²) >= 11 is 0. The maximum atomic E-state index is 12.8. The zero-order chi connectivity index (χ0) is 20.1. The van der Waals surface area contributed by atoms with Crippen LogP contribution in [0.4, 0.5) is 0 Å². The van der Waals surface area contributed by atoms with Gasteiger partial charge in [0.1, 0.15) is 5.75 Å². The molecule has 1 amide bonds. The van der Waals surface area contributed by atoms with E-state index in [-0.39, 0.29) is 24.5 Å². The lowest BCUT2D eigenvalue weighted by atomic mass is 10.0. The molecule has 0 fully saturated rings. The third-order valence-electron chi connectivity index (χ3n) is 4.60. The molecule has 146 valence electrons. The Labute approximate surface area is 163 Å². The van der Waals surface area contributed by atoms with E-state index in [1.807, 2.05) is 38.1 Å². The Morgan fingerprint density at radius 1 is 1.32 bits per heavy atom. The number of aliphatic hydroxyl groups is 1. The summed E-state index contributed by atoms with van der Waals surface area (Å²) in [6.07, 6.45) is 7.22. The molecule has 1 atom stereocenters. The van der Waals surface area contributed by atoms with Gasteiger partial charge in [0.15, 0.2) is 0 Å². The molecule has 2 heterocycles. The summed E-state index contributed by atoms with van der Waals surface area (Å²) in [6.45, 7) is 3.76. The van der Waals surface area contributed by atoms with E-state index in [2.05, 4.69) is 20.5 Å². The van der Waals surface area contributed by atoms with Crippen LogP contribution in [0.5, 0.6) is 5.75 Å². The van der Waals surface area contributed by atoms with Crippen molar-refractivity contribution in [3.63, 3.8) is 0 Å². The van der Waals surface area contributed by atoms with Crippen molar-refractivity contribution in [1.29, 1.82) is 0 Å². The second-order valence-electron chi connectivity index (χ2n) is 6.80. The third kappa shape index (κ3) is 4.04. The zero-order valence-corrected chi connectivity index (χ0v) is 16.1. The van der Waals surface area contributed by atoms with Crippen LogP contribution in [0.15, 0.2) is 36.7 Å². The largest absolute Gasteiger partial charge is 0.495 e. The van der Waals surface area contributed by atoms with Gasteiger partial charge in [-0.25, -0.2) is 0 Å². The van der Waals surface area contributed by atoms with Crippen molar-refractivity contribution >= 4 is 29.0 Å². The van der Waals surface area contributed by atoms with Gasteiger partial charge < -0.3 is 15.2 Å². The number of H-pyrrole nitrogens is 1. The molecule has 0 aliphatic rings. The SMILES string of the molecule is COc1c(C(=O)NC(CO)C(C)C)ccc2[nH]nc(C=Cc3cccnc3)c12. The van der Waals surface area contributed by atoms with Gasteiger partial charge in [-0.15, -0.1) is 0 Å². The van der Waals surface area contributed by atoms with Gasteiger partial charge in [-0.3, -0.25) is 14.9 Å². The number of rotatable bonds is 7. The maximum Gasteiger partial charge on any atom is 0.255 e. The normalized spacial score (nSPS) is 12.6. The molecule has 0 saturated heterocycles. The number of aromatic amines is 1. The minimum Gasteiger partial charge on any atom is -0.495 e. The number of nitrogens with zero attached hydrogens (tertiary/aromatic N) is 2. The fraction of sp³-hybridized carbons (Fsp3) is 0.286. The van der Waals surface area contributed by atoms with Gasteiger partial charge in [0.05, 0.1) is 41.9 Å². The van der Waals surface area contributed by atoms with Gasteiger partial charge in [0.2, 0.25) is 0 Å². The Morgan fingerprint density at radius 2 is 2.14 bits per heavy atom. The molecule has 1 unspecified atom stereocenters. The van der Waals surface area contributed by atoms with Crippen LogP contribution in [-0.4, -0.2) is 46.0 Å². The first-order chi connectivity index (χ1) is 13.5. The maximum absolute atomic E-state index is 12.8. The lowest BCUT2D eigenvalue weighted by molar-refractivity contribution is 0.0894. The lowest BCUT2D eigenvalue weighted by Crippen LogP contribution is -2.41. The van der Waals surface area contributed by atoms with Crippen LogP contribution in [0.1, 0.15) is 35.5 Å². The number of hydrogen-bond donors (Lipinski definition) is 3. The molecule has 7 nitrogen and oxygen atoms in total. The standard InChI is InChI=1S/C21H24N4O3/c1-13(2)18(12-26)23-21(27)15-7-9-17-19(20(15)28-3)16(24-25-17)8-6-14-5-4-10-22-11-14/h4-11,13,18,26H,12H2,1-3H3,(H,23,27)(H,24,25). The molecular weight excluding hydrogens is 356 g/mol. The summed E-state index contributed by atoms with van der Waals surface area (Å²) in [5.74, 6) is 0.250. The highest BCUT2D eigenvalue weighted by molar-refractivity contribution is 6.05. The van der Waals surface area contributed by atoms with Crippen LogP contribution < -0.4 is 10.1 Å². The van der Waals surface area contributed by atoms with Crippen LogP contribution in [-0.2, 0) is 0 Å². The number of aromatic nitrogens is 3. The average Bonchev–Trinajstić information content (AvgIpc) is 3.13. The van der Waals surface area contributed by atoms with E-state index in [1.165, 1.54) is 7.11 Å². The molecule has 0 radical (unpaired) electrons. The van der Waals surface area contributed by atoms with Crippen LogP contribution in [0, 0.1) is 5.92 Å². The Kier molecular flexibility index (Phi) is 6.06. The van der Waals surface area contributed by atoms with E-state index < -0.39 is 0 Å². The summed E-state index contributed by atoms with van der Waals surface area (Å²) < 4.78 is 5.58. The molecule has 1 aromatic carbocycles. The Bertz CT molecular complexity index is 980. The summed E-state index contributed by atoms with van der Waals surface area (Å²) in [5.41, 5.74) is 2.76. The average molecular weight is 380 g/mol. The number of hydrogen-bond acceptors (Lipinski definition) is 5. The smallest absolute Gasteiger partial charge is 0.255 e. The predicted octanol–water partition coefficient (Wildman–Crippen LogP) is 2.88. The minimum atomic E-state index is -0.331. The molecule has 3 N–H and O–H groups in total. The van der Waals surface area contributed by atoms with Crippen molar-refractivity contribution < 1.29 is 14.6 Å². The second-order valence-corrected chi connectivity index (χ2v) is 6.80. The summed E-state index contributed by atoms with van der Waals surface area (Å²) in [4.78, 5) is 16.9. The van der Waals surface area contributed by atoms with Crippen molar-refractivity contribution in [2.75, 3.05) is 13.7 Å². The summed E-state index contributed by atoms with van der Waals surface area (Å²) in [7, 11) is 1.53. The summed E-state index contributed by atoms with van der Waals surface area (Å²) in [6, 6.07) is 6.96. The van der Waals surface area contributed by atoms with E-state index >= 15 is 0 Å². The predicted molar refractivity (Wildman–Crippen MR) is 109 cm³/mol. The van der Waals surface area contributed by atoms with Crippen LogP contribution in [0.3, 0.4) is 0 Å². The quantitative estimate of drug-likeness (QED) is 0.585. The molecule has 2 aromatic heterocycles. The number of aliphatic hydroxyl groups excluding tert-OH is 1. The van der Waals surface area contributed by atoms with Crippen molar-refractivity contribution in [2.45, 2.75) is 19.9 Å². The van der Waals surface area contributed by atoms with Crippen LogP contribution in [0.2, 0.25) is 0 Å². The monoisotopic (exact) mass is 380 g/mol. The highest BCUT2D eigenvalue weighted by atomic mass is 16.5. The van der Waals surface area contributed by atoms with Crippen molar-refractivity contribution in [1.82, 2.24) is 20.5 Å². The highest BCUT2D eigenvalue weighted by Crippen LogP contribution is 2.32. The number of amides is 1. The van der Waals surface area contributed by atoms with E-state index in [0.29, 0.717) is 17.0 Å². The molecule has 28 heavy (non-hydrogen) atoms. The molecule has 0 aliphatic heterocycles.